The molecule has 1 aliphatic rings. The molecule has 104 valence electrons. The van der Waals surface area contributed by atoms with Gasteiger partial charge in [0.05, 0.1) is 0 Å². The molecule has 1 unspecified atom stereocenters. The molecule has 0 saturated heterocycles. The second-order valence-electron chi connectivity index (χ2n) is 4.85. The molecule has 0 aliphatic heterocycles. The summed E-state index contributed by atoms with van der Waals surface area (Å²) in [4.78, 5) is 10.9. The van der Waals surface area contributed by atoms with Crippen molar-refractivity contribution in [2.45, 2.75) is 31.9 Å². The Bertz CT molecular complexity index is 415. The van der Waals surface area contributed by atoms with Crippen LogP contribution >= 0.6 is 0 Å². The fourth-order valence-corrected chi connectivity index (χ4v) is 1.68. The van der Waals surface area contributed by atoms with Crippen LogP contribution in [0.3, 0.4) is 0 Å². The molecule has 5 nitrogen and oxygen atoms in total. The first kappa shape index (κ1) is 13.8. The Morgan fingerprint density at radius 1 is 1.42 bits per heavy atom. The molecule has 0 spiro atoms. The highest BCUT2D eigenvalue weighted by Crippen LogP contribution is 2.18. The van der Waals surface area contributed by atoms with Crippen molar-refractivity contribution in [3.8, 4) is 5.75 Å². The maximum absolute atomic E-state index is 10.9. The van der Waals surface area contributed by atoms with Gasteiger partial charge in [-0.25, -0.2) is 0 Å². The van der Waals surface area contributed by atoms with Gasteiger partial charge in [-0.1, -0.05) is 0 Å². The SMILES string of the molecule is CC(=O)Nc1ccc(OCC(O)CNC2CC2)cc1. The van der Waals surface area contributed by atoms with Crippen LogP contribution in [0.4, 0.5) is 5.69 Å². The van der Waals surface area contributed by atoms with Gasteiger partial charge in [0.1, 0.15) is 18.5 Å². The average Bonchev–Trinajstić information content (AvgIpc) is 3.19. The molecule has 19 heavy (non-hydrogen) atoms. The standard InChI is InChI=1S/C14H20N2O3/c1-10(17)16-12-4-6-14(7-5-12)19-9-13(18)8-15-11-2-3-11/h4-7,11,13,15,18H,2-3,8-9H2,1H3,(H,16,17). The zero-order valence-electron chi connectivity index (χ0n) is 11.1. The number of hydrogen-bond donors (Lipinski definition) is 3. The van der Waals surface area contributed by atoms with Gasteiger partial charge in [0, 0.05) is 25.2 Å². The number of amides is 1. The topological polar surface area (TPSA) is 70.6 Å². The van der Waals surface area contributed by atoms with E-state index >= 15 is 0 Å². The molecule has 3 N–H and O–H groups in total. The minimum Gasteiger partial charge on any atom is -0.491 e. The third-order valence-corrected chi connectivity index (χ3v) is 2.84. The summed E-state index contributed by atoms with van der Waals surface area (Å²) in [6, 6.07) is 7.67. The predicted molar refractivity (Wildman–Crippen MR) is 73.3 cm³/mol. The quantitative estimate of drug-likeness (QED) is 0.690. The highest BCUT2D eigenvalue weighted by atomic mass is 16.5. The van der Waals surface area contributed by atoms with Gasteiger partial charge in [0.25, 0.3) is 0 Å². The Hall–Kier alpha value is -1.59. The first-order chi connectivity index (χ1) is 9.13. The van der Waals surface area contributed by atoms with Crippen LogP contribution in [-0.2, 0) is 4.79 Å². The van der Waals surface area contributed by atoms with Gasteiger partial charge >= 0.3 is 0 Å². The molecule has 2 rings (SSSR count). The van der Waals surface area contributed by atoms with Crippen molar-refractivity contribution < 1.29 is 14.6 Å². The van der Waals surface area contributed by atoms with E-state index in [1.165, 1.54) is 19.8 Å². The first-order valence-corrected chi connectivity index (χ1v) is 6.55. The Labute approximate surface area is 113 Å². The number of aliphatic hydroxyl groups is 1. The van der Waals surface area contributed by atoms with E-state index in [-0.39, 0.29) is 12.5 Å². The molecule has 1 aliphatic carbocycles. The molecule has 0 bridgehead atoms. The lowest BCUT2D eigenvalue weighted by Crippen LogP contribution is -2.32. The lowest BCUT2D eigenvalue weighted by Gasteiger charge is -2.13. The molecule has 0 heterocycles. The lowest BCUT2D eigenvalue weighted by atomic mass is 10.3. The molecule has 1 aromatic carbocycles. The zero-order chi connectivity index (χ0) is 13.7. The first-order valence-electron chi connectivity index (χ1n) is 6.55. The van der Waals surface area contributed by atoms with Crippen molar-refractivity contribution >= 4 is 11.6 Å². The molecule has 1 atom stereocenters. The van der Waals surface area contributed by atoms with Crippen molar-refractivity contribution in [3.05, 3.63) is 24.3 Å². The fraction of sp³-hybridized carbons (Fsp3) is 0.500. The maximum Gasteiger partial charge on any atom is 0.221 e. The molecular formula is C14H20N2O3. The predicted octanol–water partition coefficient (Wildman–Crippen LogP) is 1.14. The van der Waals surface area contributed by atoms with Crippen LogP contribution in [0.15, 0.2) is 24.3 Å². The van der Waals surface area contributed by atoms with E-state index in [0.29, 0.717) is 18.3 Å². The van der Waals surface area contributed by atoms with Crippen molar-refractivity contribution in [1.82, 2.24) is 5.32 Å². The highest BCUT2D eigenvalue weighted by Gasteiger charge is 2.21. The number of ether oxygens (including phenoxy) is 1. The fourth-order valence-electron chi connectivity index (χ4n) is 1.68. The third-order valence-electron chi connectivity index (χ3n) is 2.84. The van der Waals surface area contributed by atoms with Crippen LogP contribution in [0.1, 0.15) is 19.8 Å². The number of hydrogen-bond acceptors (Lipinski definition) is 4. The normalized spacial score (nSPS) is 15.9. The summed E-state index contributed by atoms with van der Waals surface area (Å²) in [7, 11) is 0. The Kier molecular flexibility index (Phi) is 4.76. The summed E-state index contributed by atoms with van der Waals surface area (Å²) in [5.74, 6) is 0.579. The molecular weight excluding hydrogens is 244 g/mol. The van der Waals surface area contributed by atoms with E-state index in [9.17, 15) is 9.90 Å². The number of carbonyl (C=O) groups excluding carboxylic acids is 1. The van der Waals surface area contributed by atoms with Crippen LogP contribution in [0, 0.1) is 0 Å². The van der Waals surface area contributed by atoms with Crippen LogP contribution in [0.5, 0.6) is 5.75 Å². The van der Waals surface area contributed by atoms with Gasteiger partial charge in [0.15, 0.2) is 0 Å². The second-order valence-corrected chi connectivity index (χ2v) is 4.85. The number of aliphatic hydroxyl groups excluding tert-OH is 1. The minimum absolute atomic E-state index is 0.102. The Balaban J connectivity index is 1.70. The van der Waals surface area contributed by atoms with E-state index in [0.717, 1.165) is 5.69 Å². The lowest BCUT2D eigenvalue weighted by molar-refractivity contribution is -0.114. The van der Waals surface area contributed by atoms with Crippen LogP contribution < -0.4 is 15.4 Å². The number of rotatable bonds is 7. The number of benzene rings is 1. The highest BCUT2D eigenvalue weighted by molar-refractivity contribution is 5.88. The number of anilines is 1. The monoisotopic (exact) mass is 264 g/mol. The van der Waals surface area contributed by atoms with Crippen molar-refractivity contribution in [2.24, 2.45) is 0 Å². The van der Waals surface area contributed by atoms with Gasteiger partial charge in [-0.2, -0.15) is 0 Å². The van der Waals surface area contributed by atoms with E-state index in [1.807, 2.05) is 0 Å². The van der Waals surface area contributed by atoms with Crippen LogP contribution in [0.2, 0.25) is 0 Å². The Morgan fingerprint density at radius 2 is 2.11 bits per heavy atom. The molecule has 1 aromatic rings. The van der Waals surface area contributed by atoms with E-state index in [2.05, 4.69) is 10.6 Å². The Morgan fingerprint density at radius 3 is 2.68 bits per heavy atom. The molecule has 0 radical (unpaired) electrons. The van der Waals surface area contributed by atoms with Crippen molar-refractivity contribution in [3.63, 3.8) is 0 Å². The minimum atomic E-state index is -0.504. The van der Waals surface area contributed by atoms with Gasteiger partial charge in [-0.3, -0.25) is 4.79 Å². The van der Waals surface area contributed by atoms with Crippen LogP contribution in [-0.4, -0.2) is 36.3 Å². The molecule has 1 amide bonds. The summed E-state index contributed by atoms with van der Waals surface area (Å²) >= 11 is 0. The average molecular weight is 264 g/mol. The maximum atomic E-state index is 10.9. The molecule has 1 fully saturated rings. The zero-order valence-corrected chi connectivity index (χ0v) is 11.1. The largest absolute Gasteiger partial charge is 0.491 e. The van der Waals surface area contributed by atoms with E-state index in [4.69, 9.17) is 4.74 Å². The van der Waals surface area contributed by atoms with Crippen molar-refractivity contribution in [1.29, 1.82) is 0 Å². The summed E-state index contributed by atoms with van der Waals surface area (Å²) in [6.45, 7) is 2.29. The van der Waals surface area contributed by atoms with Gasteiger partial charge in [0.2, 0.25) is 5.91 Å². The van der Waals surface area contributed by atoms with Crippen LogP contribution in [0.25, 0.3) is 0 Å². The number of carbonyl (C=O) groups is 1. The smallest absolute Gasteiger partial charge is 0.221 e. The summed E-state index contributed by atoms with van der Waals surface area (Å²) in [5, 5.41) is 15.6. The molecule has 1 saturated carbocycles. The van der Waals surface area contributed by atoms with Gasteiger partial charge in [-0.15, -0.1) is 0 Å². The third kappa shape index (κ3) is 5.28. The summed E-state index contributed by atoms with van der Waals surface area (Å²) < 4.78 is 5.48. The molecule has 5 heteroatoms. The van der Waals surface area contributed by atoms with Gasteiger partial charge < -0.3 is 20.5 Å². The van der Waals surface area contributed by atoms with E-state index < -0.39 is 6.10 Å². The summed E-state index contributed by atoms with van der Waals surface area (Å²) in [6.07, 6.45) is 1.91. The van der Waals surface area contributed by atoms with Gasteiger partial charge in [-0.05, 0) is 37.1 Å². The summed E-state index contributed by atoms with van der Waals surface area (Å²) in [5.41, 5.74) is 0.732. The van der Waals surface area contributed by atoms with E-state index in [1.54, 1.807) is 24.3 Å². The number of nitrogens with one attached hydrogen (secondary N) is 2. The molecule has 0 aromatic heterocycles. The second kappa shape index (κ2) is 6.54. The van der Waals surface area contributed by atoms with Crippen molar-refractivity contribution in [2.75, 3.05) is 18.5 Å².